The fraction of sp³-hybridized carbons (Fsp3) is 0.227. The molecule has 31 heavy (non-hydrogen) atoms. The number of carbonyl (C=O) groups excluding carboxylic acids is 1. The number of benzene rings is 1. The largest absolute Gasteiger partial charge is 0.465 e. The summed E-state index contributed by atoms with van der Waals surface area (Å²) in [6, 6.07) is 16.5. The van der Waals surface area contributed by atoms with Crippen LogP contribution in [0.4, 0.5) is 0 Å². The number of pyridine rings is 1. The standard InChI is InChI=1S/C22H20ClN3O3S2/c1-2-28-18(27)13-26-21(20(25-22(26)30)16-5-3-4-12-24-16)17-10-11-19(29-17)31-15-8-6-14(23)7-9-15/h3-12,20-21H,2,13H2,1H3,(H,25,30). The summed E-state index contributed by atoms with van der Waals surface area (Å²) < 4.78 is 11.3. The number of hydrogen-bond donors (Lipinski definition) is 1. The first-order valence-corrected chi connectivity index (χ1v) is 11.3. The zero-order valence-corrected chi connectivity index (χ0v) is 19.0. The van der Waals surface area contributed by atoms with Crippen LogP contribution in [0.15, 0.2) is 75.2 Å². The number of halogens is 1. The number of nitrogens with one attached hydrogen (secondary N) is 1. The first kappa shape index (κ1) is 21.7. The molecule has 3 aromatic rings. The predicted octanol–water partition coefficient (Wildman–Crippen LogP) is 5.01. The van der Waals surface area contributed by atoms with Crippen LogP contribution >= 0.6 is 35.6 Å². The Morgan fingerprint density at radius 1 is 1.26 bits per heavy atom. The van der Waals surface area contributed by atoms with Gasteiger partial charge in [-0.1, -0.05) is 29.4 Å². The maximum Gasteiger partial charge on any atom is 0.325 e. The molecule has 9 heteroatoms. The topological polar surface area (TPSA) is 67.6 Å². The number of nitrogens with zero attached hydrogens (tertiary/aromatic N) is 2. The molecule has 0 spiro atoms. The molecule has 1 aromatic carbocycles. The van der Waals surface area contributed by atoms with E-state index < -0.39 is 0 Å². The summed E-state index contributed by atoms with van der Waals surface area (Å²) in [5.41, 5.74) is 0.810. The second-order valence-electron chi connectivity index (χ2n) is 6.77. The molecule has 2 atom stereocenters. The summed E-state index contributed by atoms with van der Waals surface area (Å²) in [6.07, 6.45) is 1.73. The second-order valence-corrected chi connectivity index (χ2v) is 8.67. The maximum atomic E-state index is 12.2. The highest BCUT2D eigenvalue weighted by Crippen LogP contribution is 2.41. The number of thiocarbonyl (C=S) groups is 1. The van der Waals surface area contributed by atoms with Crippen LogP contribution in [0.2, 0.25) is 5.02 Å². The van der Waals surface area contributed by atoms with Gasteiger partial charge < -0.3 is 19.4 Å². The average molecular weight is 474 g/mol. The highest BCUT2D eigenvalue weighted by Gasteiger charge is 2.42. The summed E-state index contributed by atoms with van der Waals surface area (Å²) in [6.45, 7) is 2.11. The molecule has 1 fully saturated rings. The van der Waals surface area contributed by atoms with Crippen LogP contribution in [-0.2, 0) is 9.53 Å². The molecule has 4 rings (SSSR count). The van der Waals surface area contributed by atoms with E-state index in [1.54, 1.807) is 18.0 Å². The molecule has 2 aromatic heterocycles. The molecule has 0 aliphatic carbocycles. The van der Waals surface area contributed by atoms with Crippen molar-refractivity contribution in [1.82, 2.24) is 15.2 Å². The molecule has 0 saturated carbocycles. The Labute approximate surface area is 194 Å². The van der Waals surface area contributed by atoms with E-state index in [-0.39, 0.29) is 24.6 Å². The molecule has 0 amide bonds. The Morgan fingerprint density at radius 3 is 2.77 bits per heavy atom. The summed E-state index contributed by atoms with van der Waals surface area (Å²) in [4.78, 5) is 19.5. The van der Waals surface area contributed by atoms with Gasteiger partial charge in [-0.25, -0.2) is 0 Å². The molecular formula is C22H20ClN3O3S2. The van der Waals surface area contributed by atoms with Crippen molar-refractivity contribution in [3.63, 3.8) is 0 Å². The molecule has 2 unspecified atom stereocenters. The lowest BCUT2D eigenvalue weighted by Crippen LogP contribution is -2.35. The number of esters is 1. The third-order valence-electron chi connectivity index (χ3n) is 4.73. The van der Waals surface area contributed by atoms with E-state index in [1.165, 1.54) is 11.8 Å². The Kier molecular flexibility index (Phi) is 6.80. The first-order valence-electron chi connectivity index (χ1n) is 9.72. The highest BCUT2D eigenvalue weighted by molar-refractivity contribution is 7.99. The molecule has 1 N–H and O–H groups in total. The molecule has 1 aliphatic heterocycles. The molecule has 3 heterocycles. The van der Waals surface area contributed by atoms with E-state index in [4.69, 9.17) is 33.0 Å². The highest BCUT2D eigenvalue weighted by atomic mass is 35.5. The van der Waals surface area contributed by atoms with Crippen LogP contribution in [-0.4, -0.2) is 34.1 Å². The molecule has 0 radical (unpaired) electrons. The zero-order valence-electron chi connectivity index (χ0n) is 16.7. The summed E-state index contributed by atoms with van der Waals surface area (Å²) in [5, 5.41) is 5.15. The van der Waals surface area contributed by atoms with Gasteiger partial charge in [0.2, 0.25) is 0 Å². The minimum atomic E-state index is -0.347. The van der Waals surface area contributed by atoms with Gasteiger partial charge in [0.05, 0.1) is 18.3 Å². The molecule has 0 bridgehead atoms. The van der Waals surface area contributed by atoms with E-state index in [2.05, 4.69) is 10.3 Å². The maximum absolute atomic E-state index is 12.2. The molecule has 160 valence electrons. The van der Waals surface area contributed by atoms with Crippen LogP contribution < -0.4 is 5.32 Å². The minimum Gasteiger partial charge on any atom is -0.465 e. The Hall–Kier alpha value is -2.55. The van der Waals surface area contributed by atoms with Gasteiger partial charge in [0.25, 0.3) is 0 Å². The van der Waals surface area contributed by atoms with Gasteiger partial charge in [0.1, 0.15) is 18.3 Å². The molecule has 1 saturated heterocycles. The van der Waals surface area contributed by atoms with Crippen molar-refractivity contribution in [1.29, 1.82) is 0 Å². The van der Waals surface area contributed by atoms with E-state index >= 15 is 0 Å². The third-order valence-corrected chi connectivity index (χ3v) is 6.26. The van der Waals surface area contributed by atoms with Crippen molar-refractivity contribution < 1.29 is 13.9 Å². The molecular weight excluding hydrogens is 454 g/mol. The molecule has 1 aliphatic rings. The summed E-state index contributed by atoms with van der Waals surface area (Å²) in [5.74, 6) is 0.337. The Bertz CT molecular complexity index is 1060. The minimum absolute atomic E-state index is 0.0219. The lowest BCUT2D eigenvalue weighted by molar-refractivity contribution is -0.143. The van der Waals surface area contributed by atoms with E-state index in [9.17, 15) is 4.79 Å². The predicted molar refractivity (Wildman–Crippen MR) is 123 cm³/mol. The zero-order chi connectivity index (χ0) is 21.8. The van der Waals surface area contributed by atoms with Gasteiger partial charge in [0, 0.05) is 16.1 Å². The smallest absolute Gasteiger partial charge is 0.325 e. The lowest BCUT2D eigenvalue weighted by Gasteiger charge is -2.25. The van der Waals surface area contributed by atoms with Gasteiger partial charge >= 0.3 is 5.97 Å². The van der Waals surface area contributed by atoms with Gasteiger partial charge in [-0.15, -0.1) is 0 Å². The van der Waals surface area contributed by atoms with Gasteiger partial charge in [-0.2, -0.15) is 0 Å². The number of rotatable bonds is 7. The van der Waals surface area contributed by atoms with Gasteiger partial charge in [0.15, 0.2) is 10.2 Å². The van der Waals surface area contributed by atoms with Crippen molar-refractivity contribution in [3.8, 4) is 0 Å². The Balaban J connectivity index is 1.63. The van der Waals surface area contributed by atoms with Crippen molar-refractivity contribution in [2.24, 2.45) is 0 Å². The van der Waals surface area contributed by atoms with Crippen molar-refractivity contribution >= 4 is 46.7 Å². The van der Waals surface area contributed by atoms with E-state index in [1.807, 2.05) is 54.6 Å². The van der Waals surface area contributed by atoms with E-state index in [0.717, 1.165) is 15.7 Å². The average Bonchev–Trinajstić information content (AvgIpc) is 3.35. The third kappa shape index (κ3) is 5.03. The SMILES string of the molecule is CCOC(=O)CN1C(=S)NC(c2ccccn2)C1c1ccc(Sc2ccc(Cl)cc2)o1. The van der Waals surface area contributed by atoms with Crippen LogP contribution in [0, 0.1) is 0 Å². The number of furan rings is 1. The normalized spacial score (nSPS) is 18.1. The second kappa shape index (κ2) is 9.72. The quantitative estimate of drug-likeness (QED) is 0.379. The van der Waals surface area contributed by atoms with E-state index in [0.29, 0.717) is 22.5 Å². The van der Waals surface area contributed by atoms with Crippen molar-refractivity contribution in [2.75, 3.05) is 13.2 Å². The van der Waals surface area contributed by atoms with Crippen LogP contribution in [0.1, 0.15) is 30.5 Å². The van der Waals surface area contributed by atoms with Gasteiger partial charge in [-0.3, -0.25) is 9.78 Å². The Morgan fingerprint density at radius 2 is 2.06 bits per heavy atom. The number of ether oxygens (including phenoxy) is 1. The fourth-order valence-corrected chi connectivity index (χ4v) is 4.61. The first-order chi connectivity index (χ1) is 15.0. The van der Waals surface area contributed by atoms with Crippen LogP contribution in [0.25, 0.3) is 0 Å². The number of aromatic nitrogens is 1. The van der Waals surface area contributed by atoms with Gasteiger partial charge in [-0.05, 0) is 67.7 Å². The van der Waals surface area contributed by atoms with Crippen LogP contribution in [0.5, 0.6) is 0 Å². The molecule has 6 nitrogen and oxygen atoms in total. The van der Waals surface area contributed by atoms with Crippen molar-refractivity contribution in [2.45, 2.75) is 29.0 Å². The fourth-order valence-electron chi connectivity index (χ4n) is 3.40. The number of carbonyl (C=O) groups is 1. The number of hydrogen-bond acceptors (Lipinski definition) is 6. The summed E-state index contributed by atoms with van der Waals surface area (Å²) >= 11 is 13.0. The summed E-state index contributed by atoms with van der Waals surface area (Å²) in [7, 11) is 0. The lowest BCUT2D eigenvalue weighted by atomic mass is 10.0. The van der Waals surface area contributed by atoms with Crippen molar-refractivity contribution in [3.05, 3.63) is 77.3 Å². The van der Waals surface area contributed by atoms with Crippen LogP contribution in [0.3, 0.4) is 0 Å². The monoisotopic (exact) mass is 473 g/mol.